The Morgan fingerprint density at radius 1 is 1.67 bits per heavy atom. The molecule has 9 heavy (non-hydrogen) atoms. The van der Waals surface area contributed by atoms with E-state index >= 15 is 0 Å². The van der Waals surface area contributed by atoms with Crippen molar-refractivity contribution in [2.24, 2.45) is 0 Å². The van der Waals surface area contributed by atoms with E-state index in [2.05, 4.69) is 3.02 Å². The van der Waals surface area contributed by atoms with Crippen molar-refractivity contribution in [2.75, 3.05) is 6.61 Å². The topological polar surface area (TPSA) is 46.5 Å². The van der Waals surface area contributed by atoms with Crippen LogP contribution in [0.15, 0.2) is 0 Å². The maximum Gasteiger partial charge on any atom is -0.147 e. The molecule has 0 aliphatic heterocycles. The average molecular weight is 264 g/mol. The zero-order valence-corrected chi connectivity index (χ0v) is 8.61. The third kappa shape index (κ3) is 12.1. The smallest absolute Gasteiger partial charge is 0.147 e. The van der Waals surface area contributed by atoms with E-state index < -0.39 is 21.0 Å². The van der Waals surface area contributed by atoms with Crippen LogP contribution in [0.25, 0.3) is 0 Å². The molecule has 0 saturated carbocycles. The number of halogens is 1. The average Bonchev–Trinajstić information content (AvgIpc) is 1.66. The Bertz CT molecular complexity index is 78.2. The van der Waals surface area contributed by atoms with Gasteiger partial charge in [-0.1, -0.05) is 0 Å². The number of rotatable bonds is 4. The fourth-order valence-electron chi connectivity index (χ4n) is 0.287. The van der Waals surface area contributed by atoms with Gasteiger partial charge in [0.25, 0.3) is 0 Å². The van der Waals surface area contributed by atoms with Crippen LogP contribution in [0.2, 0.25) is 0 Å². The maximum atomic E-state index is 9.92. The minimum atomic E-state index is -3.31. The third-order valence-corrected chi connectivity index (χ3v) is 1.85. The third-order valence-electron chi connectivity index (χ3n) is 0.700. The largest absolute Gasteiger partial charge is 0.147 e. The Morgan fingerprint density at radius 3 is 2.56 bits per heavy atom. The van der Waals surface area contributed by atoms with Crippen molar-refractivity contribution in [3.05, 3.63) is 0 Å². The summed E-state index contributed by atoms with van der Waals surface area (Å²) in [5, 5.41) is 0. The zero-order chi connectivity index (χ0) is 6.41. The van der Waals surface area contributed by atoms with E-state index in [0.29, 0.717) is 6.61 Å². The van der Waals surface area contributed by atoms with Gasteiger partial charge in [-0.2, -0.15) is 0 Å². The van der Waals surface area contributed by atoms with Crippen LogP contribution in [-0.2, 0) is 6.03 Å². The SMILES string of the molecule is CCCC[O][Sb](=[O])[OH].Cl. The van der Waals surface area contributed by atoms with E-state index in [4.69, 9.17) is 3.39 Å². The van der Waals surface area contributed by atoms with E-state index in [0.717, 1.165) is 12.8 Å². The molecule has 0 fully saturated rings. The molecule has 0 rings (SSSR count). The first-order valence-electron chi connectivity index (χ1n) is 2.56. The van der Waals surface area contributed by atoms with Crippen LogP contribution in [0.1, 0.15) is 19.8 Å². The van der Waals surface area contributed by atoms with Crippen molar-refractivity contribution in [1.82, 2.24) is 0 Å². The molecule has 1 radical (unpaired) electrons. The fourth-order valence-corrected chi connectivity index (χ4v) is 1.10. The van der Waals surface area contributed by atoms with Crippen molar-refractivity contribution in [3.63, 3.8) is 0 Å². The monoisotopic (exact) mass is 263 g/mol. The normalized spacial score (nSPS) is 8.22. The molecule has 0 aliphatic carbocycles. The molecule has 0 bridgehead atoms. The molecule has 0 aromatic carbocycles. The van der Waals surface area contributed by atoms with Gasteiger partial charge in [0.05, 0.1) is 0 Å². The first-order valence-corrected chi connectivity index (χ1v) is 5.79. The van der Waals surface area contributed by atoms with Crippen molar-refractivity contribution in [2.45, 2.75) is 19.8 Å². The molecule has 0 spiro atoms. The Kier molecular flexibility index (Phi) is 12.3. The molecule has 0 saturated heterocycles. The predicted molar refractivity (Wildman–Crippen MR) is 36.8 cm³/mol. The summed E-state index contributed by atoms with van der Waals surface area (Å²) < 4.78 is 22.6. The molecule has 0 amide bonds. The van der Waals surface area contributed by atoms with Crippen LogP contribution in [0.5, 0.6) is 0 Å². The summed E-state index contributed by atoms with van der Waals surface area (Å²) in [7, 11) is 0. The minimum absolute atomic E-state index is 0. The molecule has 5 heteroatoms. The van der Waals surface area contributed by atoms with Crippen LogP contribution >= 0.6 is 12.4 Å². The first-order chi connectivity index (χ1) is 3.77. The second kappa shape index (κ2) is 8.83. The van der Waals surface area contributed by atoms with E-state index in [1.54, 1.807) is 0 Å². The van der Waals surface area contributed by atoms with Gasteiger partial charge >= 0.3 is 56.8 Å². The molecule has 0 heterocycles. The zero-order valence-electron chi connectivity index (χ0n) is 5.24. The minimum Gasteiger partial charge on any atom is -0.147 e. The molecule has 0 aromatic rings. The van der Waals surface area contributed by atoms with Gasteiger partial charge in [-0.3, -0.25) is 0 Å². The van der Waals surface area contributed by atoms with Gasteiger partial charge in [0.1, 0.15) is 0 Å². The second-order valence-corrected chi connectivity index (χ2v) is 3.52. The quantitative estimate of drug-likeness (QED) is 0.598. The van der Waals surface area contributed by atoms with E-state index in [-0.39, 0.29) is 12.4 Å². The van der Waals surface area contributed by atoms with Crippen molar-refractivity contribution in [1.29, 1.82) is 0 Å². The molecule has 57 valence electrons. The van der Waals surface area contributed by atoms with Gasteiger partial charge < -0.3 is 0 Å². The number of hydrogen-bond acceptors (Lipinski definition) is 2. The van der Waals surface area contributed by atoms with Gasteiger partial charge in [0, 0.05) is 0 Å². The van der Waals surface area contributed by atoms with E-state index in [9.17, 15) is 3.02 Å². The van der Waals surface area contributed by atoms with Crippen LogP contribution in [-0.4, -0.2) is 31.0 Å². The maximum absolute atomic E-state index is 9.92. The summed E-state index contributed by atoms with van der Waals surface area (Å²) in [5.41, 5.74) is 0. The van der Waals surface area contributed by atoms with Crippen LogP contribution in [0.4, 0.5) is 0 Å². The summed E-state index contributed by atoms with van der Waals surface area (Å²) in [5.74, 6) is 0. The van der Waals surface area contributed by atoms with Crippen LogP contribution in [0.3, 0.4) is 0 Å². The summed E-state index contributed by atoms with van der Waals surface area (Å²) in [6, 6.07) is 0. The number of hydrogen-bond donors (Lipinski definition) is 1. The predicted octanol–water partition coefficient (Wildman–Crippen LogP) is 0.633. The Labute approximate surface area is 69.3 Å². The summed E-state index contributed by atoms with van der Waals surface area (Å²) in [6.45, 7) is 2.45. The Hall–Kier alpha value is 0.828. The molecule has 0 aliphatic rings. The van der Waals surface area contributed by atoms with Gasteiger partial charge in [0.15, 0.2) is 0 Å². The second-order valence-electron chi connectivity index (χ2n) is 1.42. The van der Waals surface area contributed by atoms with E-state index in [1.807, 2.05) is 6.92 Å². The molecule has 0 atom stereocenters. The van der Waals surface area contributed by atoms with Crippen molar-refractivity contribution < 1.29 is 9.42 Å². The standard InChI is InChI=1S/C4H9O.ClH.H2O.O.Sb/c1-2-3-4-5;;;;/h2-4H2,1H3;1H;1H2;;/q-1;;;;+2/p-1. The fraction of sp³-hybridized carbons (Fsp3) is 1.00. The molecular weight excluding hydrogens is 253 g/mol. The molecule has 0 aromatic heterocycles. The van der Waals surface area contributed by atoms with Crippen molar-refractivity contribution >= 4 is 33.4 Å². The van der Waals surface area contributed by atoms with Crippen LogP contribution in [0, 0.1) is 0 Å². The molecule has 1 N–H and O–H groups in total. The summed E-state index contributed by atoms with van der Waals surface area (Å²) in [4.78, 5) is 0. The number of unbranched alkanes of at least 4 members (excludes halogenated alkanes) is 1. The first kappa shape index (κ1) is 12.5. The van der Waals surface area contributed by atoms with Gasteiger partial charge in [-0.25, -0.2) is 0 Å². The van der Waals surface area contributed by atoms with Crippen LogP contribution < -0.4 is 0 Å². The Morgan fingerprint density at radius 2 is 2.22 bits per heavy atom. The summed E-state index contributed by atoms with van der Waals surface area (Å²) >= 11 is -3.31. The molecular formula is C4H11ClO3Sb. The van der Waals surface area contributed by atoms with Gasteiger partial charge in [0.2, 0.25) is 0 Å². The van der Waals surface area contributed by atoms with Gasteiger partial charge in [-0.15, -0.1) is 12.4 Å². The summed E-state index contributed by atoms with van der Waals surface area (Å²) in [6.07, 6.45) is 1.89. The van der Waals surface area contributed by atoms with Crippen molar-refractivity contribution in [3.8, 4) is 0 Å². The van der Waals surface area contributed by atoms with Gasteiger partial charge in [-0.05, 0) is 0 Å². The molecule has 3 nitrogen and oxygen atoms in total. The molecule has 0 unspecified atom stereocenters. The Balaban J connectivity index is 0. The van der Waals surface area contributed by atoms with E-state index in [1.165, 1.54) is 0 Å².